The van der Waals surface area contributed by atoms with Crippen LogP contribution >= 0.6 is 0 Å². The minimum atomic E-state index is -0.529. The molecule has 0 spiro atoms. The van der Waals surface area contributed by atoms with Crippen molar-refractivity contribution >= 4 is 5.91 Å². The molecule has 0 heterocycles. The molecule has 27 heavy (non-hydrogen) atoms. The first-order valence-electron chi connectivity index (χ1n) is 10.1. The number of nitrogens with one attached hydrogen (secondary N) is 1. The molecule has 0 saturated heterocycles. The first-order valence-corrected chi connectivity index (χ1v) is 10.1. The van der Waals surface area contributed by atoms with E-state index in [-0.39, 0.29) is 11.9 Å². The summed E-state index contributed by atoms with van der Waals surface area (Å²) in [6, 6.07) is 12.7. The highest BCUT2D eigenvalue weighted by molar-refractivity contribution is 5.81. The second-order valence-corrected chi connectivity index (χ2v) is 7.71. The predicted octanol–water partition coefficient (Wildman–Crippen LogP) is 5.22. The highest BCUT2D eigenvalue weighted by Crippen LogP contribution is 2.26. The van der Waals surface area contributed by atoms with E-state index in [9.17, 15) is 4.79 Å². The van der Waals surface area contributed by atoms with Gasteiger partial charge in [0.25, 0.3) is 5.91 Å². The molecule has 0 saturated carbocycles. The topological polar surface area (TPSA) is 38.3 Å². The average Bonchev–Trinajstić information content (AvgIpc) is 2.68. The second-order valence-electron chi connectivity index (χ2n) is 7.71. The zero-order valence-electron chi connectivity index (χ0n) is 17.0. The van der Waals surface area contributed by atoms with Gasteiger partial charge in [0, 0.05) is 0 Å². The van der Waals surface area contributed by atoms with E-state index in [1.165, 1.54) is 47.1 Å². The fraction of sp³-hybridized carbons (Fsp3) is 0.458. The van der Waals surface area contributed by atoms with E-state index in [1.807, 2.05) is 25.1 Å². The lowest BCUT2D eigenvalue weighted by Gasteiger charge is -2.23. The zero-order chi connectivity index (χ0) is 19.4. The normalized spacial score (nSPS) is 15.6. The predicted molar refractivity (Wildman–Crippen MR) is 110 cm³/mol. The van der Waals surface area contributed by atoms with Crippen LogP contribution in [0.1, 0.15) is 67.0 Å². The van der Waals surface area contributed by atoms with Crippen molar-refractivity contribution < 1.29 is 9.53 Å². The maximum Gasteiger partial charge on any atom is 0.261 e. The van der Waals surface area contributed by atoms with Crippen LogP contribution < -0.4 is 10.1 Å². The summed E-state index contributed by atoms with van der Waals surface area (Å²) in [5, 5.41) is 3.17. The van der Waals surface area contributed by atoms with Gasteiger partial charge in [-0.3, -0.25) is 4.79 Å². The van der Waals surface area contributed by atoms with Crippen LogP contribution in [0.2, 0.25) is 0 Å². The minimum Gasteiger partial charge on any atom is -0.481 e. The molecule has 1 aliphatic rings. The van der Waals surface area contributed by atoms with Crippen molar-refractivity contribution in [3.8, 4) is 5.75 Å². The molecule has 0 radical (unpaired) electrons. The van der Waals surface area contributed by atoms with Gasteiger partial charge in [-0.2, -0.15) is 0 Å². The number of ether oxygens (including phenoxy) is 1. The van der Waals surface area contributed by atoms with Crippen LogP contribution in [-0.2, 0) is 17.6 Å². The van der Waals surface area contributed by atoms with Gasteiger partial charge in [0.05, 0.1) is 6.04 Å². The molecular weight excluding hydrogens is 334 g/mol. The standard InChI is InChI=1S/C24H31NO2/c1-5-23(21-12-11-19-8-6-7-9-20(19)15-21)25-24(26)18(4)27-22-13-10-16(2)17(3)14-22/h10-15,18,23H,5-9H2,1-4H3,(H,25,26)/t18-,23-/m1/s1. The van der Waals surface area contributed by atoms with Crippen LogP contribution in [0.15, 0.2) is 36.4 Å². The Hall–Kier alpha value is -2.29. The summed E-state index contributed by atoms with van der Waals surface area (Å²) >= 11 is 0. The SMILES string of the molecule is CC[C@@H](NC(=O)[C@@H](C)Oc1ccc(C)c(C)c1)c1ccc2c(c1)CCCC2. The van der Waals surface area contributed by atoms with Gasteiger partial charge in [-0.1, -0.05) is 31.2 Å². The van der Waals surface area contributed by atoms with Gasteiger partial charge < -0.3 is 10.1 Å². The fourth-order valence-corrected chi connectivity index (χ4v) is 3.73. The molecular formula is C24H31NO2. The molecule has 2 aromatic rings. The number of fused-ring (bicyclic) bond motifs is 1. The van der Waals surface area contributed by atoms with E-state index < -0.39 is 6.10 Å². The van der Waals surface area contributed by atoms with E-state index in [4.69, 9.17) is 4.74 Å². The Balaban J connectivity index is 1.66. The summed E-state index contributed by atoms with van der Waals surface area (Å²) in [6.45, 7) is 8.04. The van der Waals surface area contributed by atoms with E-state index in [2.05, 4.69) is 44.3 Å². The molecule has 0 aliphatic heterocycles. The number of aryl methyl sites for hydroxylation is 4. The Labute approximate surface area is 163 Å². The number of amides is 1. The Morgan fingerprint density at radius 3 is 2.48 bits per heavy atom. The number of carbonyl (C=O) groups excluding carboxylic acids is 1. The molecule has 2 aromatic carbocycles. The summed E-state index contributed by atoms with van der Waals surface area (Å²) in [4.78, 5) is 12.7. The van der Waals surface area contributed by atoms with Crippen molar-refractivity contribution in [2.75, 3.05) is 0 Å². The largest absolute Gasteiger partial charge is 0.481 e. The lowest BCUT2D eigenvalue weighted by molar-refractivity contribution is -0.128. The summed E-state index contributed by atoms with van der Waals surface area (Å²) < 4.78 is 5.87. The monoisotopic (exact) mass is 365 g/mol. The summed E-state index contributed by atoms with van der Waals surface area (Å²) in [7, 11) is 0. The van der Waals surface area contributed by atoms with Crippen molar-refractivity contribution in [1.82, 2.24) is 5.32 Å². The molecule has 3 rings (SSSR count). The summed E-state index contributed by atoms with van der Waals surface area (Å²) in [6.07, 6.45) is 5.22. The minimum absolute atomic E-state index is 0.0236. The van der Waals surface area contributed by atoms with Crippen LogP contribution in [0.3, 0.4) is 0 Å². The zero-order valence-corrected chi connectivity index (χ0v) is 17.0. The van der Waals surface area contributed by atoms with Crippen molar-refractivity contribution in [2.45, 2.75) is 71.9 Å². The van der Waals surface area contributed by atoms with Gasteiger partial charge in [0.2, 0.25) is 0 Å². The molecule has 0 aromatic heterocycles. The quantitative estimate of drug-likeness (QED) is 0.762. The first-order chi connectivity index (χ1) is 13.0. The number of carbonyl (C=O) groups is 1. The van der Waals surface area contributed by atoms with Gasteiger partial charge in [0.1, 0.15) is 5.75 Å². The molecule has 0 fully saturated rings. The summed E-state index contributed by atoms with van der Waals surface area (Å²) in [5.74, 6) is 0.667. The van der Waals surface area contributed by atoms with E-state index in [1.54, 1.807) is 0 Å². The lowest BCUT2D eigenvalue weighted by atomic mass is 9.89. The van der Waals surface area contributed by atoms with Crippen LogP contribution in [0.25, 0.3) is 0 Å². The Bertz CT molecular complexity index is 812. The molecule has 1 aliphatic carbocycles. The van der Waals surface area contributed by atoms with Gasteiger partial charge in [-0.05, 0) is 92.8 Å². The Morgan fingerprint density at radius 1 is 1.04 bits per heavy atom. The molecule has 1 N–H and O–H groups in total. The number of rotatable bonds is 6. The van der Waals surface area contributed by atoms with Crippen LogP contribution in [0.4, 0.5) is 0 Å². The van der Waals surface area contributed by atoms with Crippen molar-refractivity contribution in [1.29, 1.82) is 0 Å². The molecule has 3 nitrogen and oxygen atoms in total. The third-order valence-electron chi connectivity index (χ3n) is 5.66. The van der Waals surface area contributed by atoms with Crippen molar-refractivity contribution in [2.24, 2.45) is 0 Å². The third-order valence-corrected chi connectivity index (χ3v) is 5.66. The molecule has 0 unspecified atom stereocenters. The van der Waals surface area contributed by atoms with Crippen LogP contribution in [0.5, 0.6) is 5.75 Å². The fourth-order valence-electron chi connectivity index (χ4n) is 3.73. The molecule has 0 bridgehead atoms. The van der Waals surface area contributed by atoms with E-state index in [0.717, 1.165) is 18.6 Å². The van der Waals surface area contributed by atoms with E-state index >= 15 is 0 Å². The van der Waals surface area contributed by atoms with Gasteiger partial charge >= 0.3 is 0 Å². The maximum atomic E-state index is 12.7. The Morgan fingerprint density at radius 2 is 1.78 bits per heavy atom. The van der Waals surface area contributed by atoms with Gasteiger partial charge in [-0.15, -0.1) is 0 Å². The molecule has 2 atom stereocenters. The Kier molecular flexibility index (Phi) is 6.20. The maximum absolute atomic E-state index is 12.7. The van der Waals surface area contributed by atoms with E-state index in [0.29, 0.717) is 0 Å². The van der Waals surface area contributed by atoms with Crippen LogP contribution in [0, 0.1) is 13.8 Å². The molecule has 144 valence electrons. The number of hydrogen-bond acceptors (Lipinski definition) is 2. The first kappa shape index (κ1) is 19.5. The lowest BCUT2D eigenvalue weighted by Crippen LogP contribution is -2.38. The second kappa shape index (κ2) is 8.60. The highest BCUT2D eigenvalue weighted by Gasteiger charge is 2.20. The molecule has 3 heteroatoms. The molecule has 1 amide bonds. The smallest absolute Gasteiger partial charge is 0.261 e. The van der Waals surface area contributed by atoms with Gasteiger partial charge in [-0.25, -0.2) is 0 Å². The van der Waals surface area contributed by atoms with Gasteiger partial charge in [0.15, 0.2) is 6.10 Å². The van der Waals surface area contributed by atoms with Crippen molar-refractivity contribution in [3.63, 3.8) is 0 Å². The third kappa shape index (κ3) is 4.71. The van der Waals surface area contributed by atoms with Crippen LogP contribution in [-0.4, -0.2) is 12.0 Å². The highest BCUT2D eigenvalue weighted by atomic mass is 16.5. The summed E-state index contributed by atoms with van der Waals surface area (Å²) in [5.41, 5.74) is 6.51. The average molecular weight is 366 g/mol. The number of benzene rings is 2. The van der Waals surface area contributed by atoms with Crippen molar-refractivity contribution in [3.05, 3.63) is 64.2 Å². The number of hydrogen-bond donors (Lipinski definition) is 1.